The molecule has 0 saturated carbocycles. The molecule has 1 aromatic carbocycles. The van der Waals surface area contributed by atoms with E-state index in [1.54, 1.807) is 29.5 Å². The van der Waals surface area contributed by atoms with Crippen LogP contribution in [0.2, 0.25) is 0 Å². The molecule has 9 nitrogen and oxygen atoms in total. The molecule has 0 aliphatic carbocycles. The summed E-state index contributed by atoms with van der Waals surface area (Å²) >= 11 is 1.55. The average Bonchev–Trinajstić information content (AvgIpc) is 3.32. The van der Waals surface area contributed by atoms with E-state index in [-0.39, 0.29) is 18.2 Å². The molecule has 0 amide bonds. The molecule has 10 heteroatoms. The Labute approximate surface area is 171 Å². The summed E-state index contributed by atoms with van der Waals surface area (Å²) in [7, 11) is 0. The van der Waals surface area contributed by atoms with E-state index in [0.717, 1.165) is 27.8 Å². The van der Waals surface area contributed by atoms with Crippen molar-refractivity contribution < 1.29 is 19.7 Å². The van der Waals surface area contributed by atoms with Gasteiger partial charge in [-0.25, -0.2) is 19.4 Å². The number of fused-ring (bicyclic) bond motifs is 3. The maximum Gasteiger partial charge on any atom is 0.335 e. The molecular weight excluding hydrogens is 394 g/mol. The third-order valence-electron chi connectivity index (χ3n) is 4.15. The van der Waals surface area contributed by atoms with Crippen LogP contribution in [0.5, 0.6) is 5.75 Å². The summed E-state index contributed by atoms with van der Waals surface area (Å²) in [5.74, 6) is 0.416. The first-order chi connectivity index (χ1) is 14.0. The second-order valence-corrected chi connectivity index (χ2v) is 7.62. The van der Waals surface area contributed by atoms with E-state index >= 15 is 0 Å². The molecule has 0 spiro atoms. The van der Waals surface area contributed by atoms with E-state index in [1.807, 2.05) is 18.5 Å². The molecule has 1 aliphatic heterocycles. The van der Waals surface area contributed by atoms with E-state index in [0.29, 0.717) is 24.5 Å². The highest BCUT2D eigenvalue weighted by Gasteiger charge is 2.24. The number of ether oxygens (including phenoxy) is 1. The van der Waals surface area contributed by atoms with Crippen LogP contribution in [0.4, 0.5) is 0 Å². The van der Waals surface area contributed by atoms with Crippen LogP contribution >= 0.6 is 11.3 Å². The van der Waals surface area contributed by atoms with Crippen molar-refractivity contribution in [1.82, 2.24) is 19.7 Å². The van der Waals surface area contributed by atoms with Crippen LogP contribution in [-0.2, 0) is 6.42 Å². The number of hydrogen-bond donors (Lipinski definition) is 3. The summed E-state index contributed by atoms with van der Waals surface area (Å²) in [6.45, 7) is 5.09. The molecule has 0 saturated heterocycles. The predicted octanol–water partition coefficient (Wildman–Crippen LogP) is 2.22. The van der Waals surface area contributed by atoms with Gasteiger partial charge in [-0.2, -0.15) is 5.10 Å². The summed E-state index contributed by atoms with van der Waals surface area (Å²) in [5.41, 5.74) is 6.48. The molecule has 4 N–H and O–H groups in total. The number of aliphatic hydroxyl groups is 1. The Morgan fingerprint density at radius 1 is 1.41 bits per heavy atom. The number of benzene rings is 1. The number of nitrogens with zero attached hydrogens (tertiary/aromatic N) is 4. The highest BCUT2D eigenvalue weighted by molar-refractivity contribution is 7.15. The standard InChI is InChI=1S/C17H16N4O3S.C2H7NO/c1-9(2)21-15(18-8-19-21)16-20-14-11-7-10(17(22)23)3-4-12(11)24-6-5-13(14)25-16;3-1-2-4/h3-4,7-9H,5-6H2,1-2H3,(H,22,23);4H,1-3H2. The van der Waals surface area contributed by atoms with Crippen LogP contribution in [0.3, 0.4) is 0 Å². The molecule has 0 fully saturated rings. The zero-order valence-corrected chi connectivity index (χ0v) is 17.0. The van der Waals surface area contributed by atoms with E-state index in [9.17, 15) is 9.90 Å². The number of aliphatic hydroxyl groups excluding tert-OH is 1. The van der Waals surface area contributed by atoms with Crippen molar-refractivity contribution in [3.05, 3.63) is 35.0 Å². The third kappa shape index (κ3) is 4.44. The summed E-state index contributed by atoms with van der Waals surface area (Å²) in [5, 5.41) is 22.1. The number of nitrogens with two attached hydrogens (primary N) is 1. The van der Waals surface area contributed by atoms with Gasteiger partial charge >= 0.3 is 5.97 Å². The number of thiazole rings is 1. The van der Waals surface area contributed by atoms with Crippen molar-refractivity contribution in [2.75, 3.05) is 19.8 Å². The summed E-state index contributed by atoms with van der Waals surface area (Å²) in [6, 6.07) is 5.05. The van der Waals surface area contributed by atoms with Crippen molar-refractivity contribution in [2.45, 2.75) is 26.3 Å². The lowest BCUT2D eigenvalue weighted by molar-refractivity contribution is 0.0697. The number of carbonyl (C=O) groups is 1. The molecule has 154 valence electrons. The Bertz CT molecular complexity index is 996. The van der Waals surface area contributed by atoms with Gasteiger partial charge in [-0.05, 0) is 32.0 Å². The Kier molecular flexibility index (Phi) is 6.57. The number of rotatable bonds is 4. The van der Waals surface area contributed by atoms with Gasteiger partial charge in [0.1, 0.15) is 12.1 Å². The van der Waals surface area contributed by atoms with Gasteiger partial charge in [0.15, 0.2) is 10.8 Å². The fourth-order valence-electron chi connectivity index (χ4n) is 2.84. The van der Waals surface area contributed by atoms with Gasteiger partial charge in [0, 0.05) is 29.4 Å². The second-order valence-electron chi connectivity index (χ2n) is 6.54. The van der Waals surface area contributed by atoms with Crippen LogP contribution in [0.15, 0.2) is 24.5 Å². The number of hydrogen-bond acceptors (Lipinski definition) is 8. The number of aromatic nitrogens is 4. The summed E-state index contributed by atoms with van der Waals surface area (Å²) in [4.78, 5) is 21.5. The molecule has 4 rings (SSSR count). The largest absolute Gasteiger partial charge is 0.493 e. The highest BCUT2D eigenvalue weighted by atomic mass is 32.1. The third-order valence-corrected chi connectivity index (χ3v) is 5.26. The fraction of sp³-hybridized carbons (Fsp3) is 0.368. The molecular formula is C19H23N5O4S. The van der Waals surface area contributed by atoms with Gasteiger partial charge in [-0.15, -0.1) is 11.3 Å². The number of carboxylic acids is 1. The zero-order valence-electron chi connectivity index (χ0n) is 16.2. The molecule has 0 bridgehead atoms. The van der Waals surface area contributed by atoms with Gasteiger partial charge in [0.25, 0.3) is 0 Å². The molecule has 0 atom stereocenters. The Balaban J connectivity index is 0.000000552. The van der Waals surface area contributed by atoms with E-state index in [1.165, 1.54) is 6.33 Å². The second kappa shape index (κ2) is 9.12. The Morgan fingerprint density at radius 3 is 2.83 bits per heavy atom. The fourth-order valence-corrected chi connectivity index (χ4v) is 3.88. The van der Waals surface area contributed by atoms with Crippen molar-refractivity contribution >= 4 is 17.3 Å². The van der Waals surface area contributed by atoms with Crippen LogP contribution in [0.25, 0.3) is 22.1 Å². The number of aromatic carboxylic acids is 1. The number of carboxylic acid groups (broad SMARTS) is 1. The molecule has 1 aliphatic rings. The maximum atomic E-state index is 11.3. The lowest BCUT2D eigenvalue weighted by atomic mass is 10.1. The SMILES string of the molecule is CC(C)n1ncnc1-c1nc2c(s1)CCOc1ccc(C(=O)O)cc1-2.NCCO. The first-order valence-corrected chi connectivity index (χ1v) is 9.99. The summed E-state index contributed by atoms with van der Waals surface area (Å²) in [6.07, 6.45) is 2.25. The maximum absolute atomic E-state index is 11.3. The van der Waals surface area contributed by atoms with E-state index in [4.69, 9.17) is 20.6 Å². The quantitative estimate of drug-likeness (QED) is 0.588. The highest BCUT2D eigenvalue weighted by Crippen LogP contribution is 2.40. The van der Waals surface area contributed by atoms with E-state index < -0.39 is 5.97 Å². The summed E-state index contributed by atoms with van der Waals surface area (Å²) < 4.78 is 7.59. The monoisotopic (exact) mass is 417 g/mol. The van der Waals surface area contributed by atoms with Crippen LogP contribution in [0, 0.1) is 0 Å². The first kappa shape index (κ1) is 20.9. The van der Waals surface area contributed by atoms with Gasteiger partial charge in [-0.3, -0.25) is 0 Å². The van der Waals surface area contributed by atoms with Crippen molar-refractivity contribution in [3.8, 4) is 27.8 Å². The van der Waals surface area contributed by atoms with Crippen LogP contribution < -0.4 is 10.5 Å². The smallest absolute Gasteiger partial charge is 0.335 e. The molecule has 3 heterocycles. The van der Waals surface area contributed by atoms with Crippen LogP contribution in [-0.4, -0.2) is 55.7 Å². The normalized spacial score (nSPS) is 12.3. The topological polar surface area (TPSA) is 136 Å². The minimum absolute atomic E-state index is 0.0972. The van der Waals surface area contributed by atoms with Crippen LogP contribution in [0.1, 0.15) is 35.1 Å². The minimum Gasteiger partial charge on any atom is -0.493 e. The molecule has 2 aromatic heterocycles. The Hall–Kier alpha value is -2.82. The molecule has 3 aromatic rings. The van der Waals surface area contributed by atoms with Crippen molar-refractivity contribution in [3.63, 3.8) is 0 Å². The van der Waals surface area contributed by atoms with Crippen molar-refractivity contribution in [1.29, 1.82) is 0 Å². The molecule has 29 heavy (non-hydrogen) atoms. The van der Waals surface area contributed by atoms with Gasteiger partial charge in [0.2, 0.25) is 0 Å². The lowest BCUT2D eigenvalue weighted by Crippen LogP contribution is -2.05. The Morgan fingerprint density at radius 2 is 2.17 bits per heavy atom. The molecule has 0 radical (unpaired) electrons. The predicted molar refractivity (Wildman–Crippen MR) is 109 cm³/mol. The lowest BCUT2D eigenvalue weighted by Gasteiger charge is -2.08. The molecule has 0 unspecified atom stereocenters. The minimum atomic E-state index is -0.969. The van der Waals surface area contributed by atoms with E-state index in [2.05, 4.69) is 10.1 Å². The van der Waals surface area contributed by atoms with Gasteiger partial charge in [0.05, 0.1) is 24.5 Å². The van der Waals surface area contributed by atoms with Gasteiger partial charge in [-0.1, -0.05) is 0 Å². The van der Waals surface area contributed by atoms with Crippen molar-refractivity contribution in [2.24, 2.45) is 5.73 Å². The first-order valence-electron chi connectivity index (χ1n) is 9.17. The zero-order chi connectivity index (χ0) is 21.0. The average molecular weight is 417 g/mol. The van der Waals surface area contributed by atoms with Gasteiger partial charge < -0.3 is 20.7 Å².